The van der Waals surface area contributed by atoms with Crippen LogP contribution < -0.4 is 5.56 Å². The lowest BCUT2D eigenvalue weighted by Crippen LogP contribution is -2.54. The van der Waals surface area contributed by atoms with Crippen LogP contribution in [0.3, 0.4) is 0 Å². The maximum atomic E-state index is 14.8. The van der Waals surface area contributed by atoms with Crippen molar-refractivity contribution < 1.29 is 14.0 Å². The van der Waals surface area contributed by atoms with E-state index in [0.29, 0.717) is 42.7 Å². The molecule has 1 amide bonds. The Morgan fingerprint density at radius 3 is 2.49 bits per heavy atom. The second-order valence-corrected chi connectivity index (χ2v) is 9.40. The summed E-state index contributed by atoms with van der Waals surface area (Å²) < 4.78 is 14.8. The van der Waals surface area contributed by atoms with Crippen LogP contribution in [0.2, 0.25) is 0 Å². The van der Waals surface area contributed by atoms with E-state index in [1.54, 1.807) is 41.3 Å². The molecule has 1 atom stereocenters. The van der Waals surface area contributed by atoms with Gasteiger partial charge in [0, 0.05) is 43.0 Å². The Bertz CT molecular complexity index is 1520. The smallest absolute Gasteiger partial charge is 0.272 e. The predicted octanol–water partition coefficient (Wildman–Crippen LogP) is 3.68. The number of halogens is 1. The third-order valence-corrected chi connectivity index (χ3v) is 6.90. The van der Waals surface area contributed by atoms with E-state index in [0.717, 1.165) is 10.9 Å². The third kappa shape index (κ3) is 5.20. The summed E-state index contributed by atoms with van der Waals surface area (Å²) in [5.41, 5.74) is 1.76. The lowest BCUT2D eigenvalue weighted by atomic mass is 10.0. The lowest BCUT2D eigenvalue weighted by Gasteiger charge is -2.39. The van der Waals surface area contributed by atoms with Crippen LogP contribution in [0, 0.1) is 5.82 Å². The number of benzene rings is 3. The number of ketones is 1. The van der Waals surface area contributed by atoms with E-state index < -0.39 is 5.82 Å². The third-order valence-electron chi connectivity index (χ3n) is 6.90. The van der Waals surface area contributed by atoms with Crippen molar-refractivity contribution in [2.24, 2.45) is 0 Å². The number of rotatable bonds is 6. The van der Waals surface area contributed by atoms with E-state index >= 15 is 0 Å². The number of H-pyrrole nitrogens is 1. The molecule has 188 valence electrons. The van der Waals surface area contributed by atoms with Crippen molar-refractivity contribution in [2.75, 3.05) is 26.2 Å². The van der Waals surface area contributed by atoms with Gasteiger partial charge >= 0.3 is 0 Å². The highest BCUT2D eigenvalue weighted by Crippen LogP contribution is 2.21. The minimum Gasteiger partial charge on any atom is -0.336 e. The largest absolute Gasteiger partial charge is 0.336 e. The van der Waals surface area contributed by atoms with Crippen molar-refractivity contribution >= 4 is 22.5 Å². The van der Waals surface area contributed by atoms with Crippen molar-refractivity contribution in [1.29, 1.82) is 0 Å². The standard InChI is InChI=1S/C29H27FN4O3/c1-19-17-34(14-13-33(19)18-27(35)21-7-3-2-4-8-21)29(37)24-15-20(11-12-25(24)30)16-26-22-9-5-6-10-23(22)28(36)32-31-26/h2-12,15,19H,13-14,16-18H2,1H3,(H,32,36). The highest BCUT2D eigenvalue weighted by atomic mass is 19.1. The molecule has 0 radical (unpaired) electrons. The van der Waals surface area contributed by atoms with Crippen molar-refractivity contribution in [1.82, 2.24) is 20.0 Å². The van der Waals surface area contributed by atoms with E-state index in [-0.39, 0.29) is 35.4 Å². The Hall–Kier alpha value is -4.17. The number of piperazine rings is 1. The number of carbonyl (C=O) groups excluding carboxylic acids is 2. The Balaban J connectivity index is 1.30. The van der Waals surface area contributed by atoms with Crippen LogP contribution in [0.5, 0.6) is 0 Å². The molecule has 0 spiro atoms. The van der Waals surface area contributed by atoms with Crippen molar-refractivity contribution in [3.8, 4) is 0 Å². The van der Waals surface area contributed by atoms with Crippen LogP contribution >= 0.6 is 0 Å². The van der Waals surface area contributed by atoms with E-state index in [9.17, 15) is 18.8 Å². The average molecular weight is 499 g/mol. The average Bonchev–Trinajstić information content (AvgIpc) is 2.92. The summed E-state index contributed by atoms with van der Waals surface area (Å²) in [6.07, 6.45) is 0.337. The zero-order valence-corrected chi connectivity index (χ0v) is 20.5. The maximum Gasteiger partial charge on any atom is 0.272 e. The van der Waals surface area contributed by atoms with Crippen LogP contribution in [0.15, 0.2) is 77.6 Å². The number of fused-ring (bicyclic) bond motifs is 1. The zero-order valence-electron chi connectivity index (χ0n) is 20.5. The van der Waals surface area contributed by atoms with Gasteiger partial charge in [-0.15, -0.1) is 0 Å². The summed E-state index contributed by atoms with van der Waals surface area (Å²) >= 11 is 0. The Morgan fingerprint density at radius 2 is 1.73 bits per heavy atom. The highest BCUT2D eigenvalue weighted by Gasteiger charge is 2.30. The maximum absolute atomic E-state index is 14.8. The van der Waals surface area contributed by atoms with E-state index in [2.05, 4.69) is 15.1 Å². The minimum absolute atomic E-state index is 0.00671. The quantitative estimate of drug-likeness (QED) is 0.410. The summed E-state index contributed by atoms with van der Waals surface area (Å²) in [7, 11) is 0. The molecule has 2 heterocycles. The molecule has 0 saturated carbocycles. The van der Waals surface area contributed by atoms with Gasteiger partial charge in [0.1, 0.15) is 5.82 Å². The molecule has 0 bridgehead atoms. The Labute approximate surface area is 213 Å². The molecular weight excluding hydrogens is 471 g/mol. The van der Waals surface area contributed by atoms with Crippen LogP contribution in [0.25, 0.3) is 10.8 Å². The Kier molecular flexibility index (Phi) is 6.92. The van der Waals surface area contributed by atoms with E-state index in [1.165, 1.54) is 6.07 Å². The normalized spacial score (nSPS) is 16.2. The molecule has 1 aliphatic heterocycles. The fourth-order valence-corrected chi connectivity index (χ4v) is 4.83. The SMILES string of the molecule is CC1CN(C(=O)c2cc(Cc3n[nH]c(=O)c4ccccc34)ccc2F)CCN1CC(=O)c1ccccc1. The van der Waals surface area contributed by atoms with E-state index in [1.807, 2.05) is 37.3 Å². The van der Waals surface area contributed by atoms with Crippen LogP contribution in [0.4, 0.5) is 4.39 Å². The summed E-state index contributed by atoms with van der Waals surface area (Å²) in [5.74, 6) is -0.920. The molecule has 3 aromatic carbocycles. The van der Waals surface area contributed by atoms with E-state index in [4.69, 9.17) is 0 Å². The molecule has 4 aromatic rings. The fourth-order valence-electron chi connectivity index (χ4n) is 4.83. The number of hydrogen-bond acceptors (Lipinski definition) is 5. The first-order chi connectivity index (χ1) is 17.9. The van der Waals surface area contributed by atoms with Gasteiger partial charge < -0.3 is 4.90 Å². The van der Waals surface area contributed by atoms with Crippen LogP contribution in [-0.4, -0.2) is 63.9 Å². The van der Waals surface area contributed by atoms with Crippen molar-refractivity contribution in [3.05, 3.63) is 111 Å². The number of aromatic nitrogens is 2. The highest BCUT2D eigenvalue weighted by molar-refractivity contribution is 5.97. The molecule has 7 nitrogen and oxygen atoms in total. The topological polar surface area (TPSA) is 86.4 Å². The predicted molar refractivity (Wildman–Crippen MR) is 139 cm³/mol. The first-order valence-corrected chi connectivity index (χ1v) is 12.3. The first-order valence-electron chi connectivity index (χ1n) is 12.3. The van der Waals surface area contributed by atoms with Gasteiger partial charge in [-0.2, -0.15) is 5.10 Å². The van der Waals surface area contributed by atoms with Crippen LogP contribution in [0.1, 0.15) is 38.9 Å². The number of carbonyl (C=O) groups is 2. The summed E-state index contributed by atoms with van der Waals surface area (Å²) in [5, 5.41) is 7.96. The number of hydrogen-bond donors (Lipinski definition) is 1. The molecule has 5 rings (SSSR count). The molecule has 1 saturated heterocycles. The van der Waals surface area contributed by atoms with Gasteiger partial charge in [0.2, 0.25) is 0 Å². The number of nitrogens with zero attached hydrogens (tertiary/aromatic N) is 3. The minimum atomic E-state index is -0.581. The Morgan fingerprint density at radius 1 is 1.00 bits per heavy atom. The van der Waals surface area contributed by atoms with Crippen molar-refractivity contribution in [2.45, 2.75) is 19.4 Å². The fraction of sp³-hybridized carbons (Fsp3) is 0.241. The van der Waals surface area contributed by atoms with Gasteiger partial charge in [-0.1, -0.05) is 54.6 Å². The van der Waals surface area contributed by atoms with Gasteiger partial charge in [0.05, 0.1) is 23.2 Å². The zero-order chi connectivity index (χ0) is 25.9. The van der Waals surface area contributed by atoms with Crippen LogP contribution in [-0.2, 0) is 6.42 Å². The molecule has 1 unspecified atom stereocenters. The lowest BCUT2D eigenvalue weighted by molar-refractivity contribution is 0.0498. The number of aromatic amines is 1. The molecule has 37 heavy (non-hydrogen) atoms. The van der Waals surface area contributed by atoms with Crippen molar-refractivity contribution in [3.63, 3.8) is 0 Å². The van der Waals surface area contributed by atoms with Gasteiger partial charge in [-0.3, -0.25) is 19.3 Å². The molecule has 1 fully saturated rings. The molecular formula is C29H27FN4O3. The van der Waals surface area contributed by atoms with Gasteiger partial charge in [0.15, 0.2) is 5.78 Å². The number of Topliss-reactive ketones (excluding diaryl/α,β-unsaturated/α-hetero) is 1. The number of nitrogens with one attached hydrogen (secondary N) is 1. The summed E-state index contributed by atoms with van der Waals surface area (Å²) in [6, 6.07) is 20.8. The van der Waals surface area contributed by atoms with Gasteiger partial charge in [-0.25, -0.2) is 9.49 Å². The first kappa shape index (κ1) is 24.5. The molecule has 1 aromatic heterocycles. The number of amides is 1. The van der Waals surface area contributed by atoms with Gasteiger partial charge in [0.25, 0.3) is 11.5 Å². The van der Waals surface area contributed by atoms with Gasteiger partial charge in [-0.05, 0) is 30.7 Å². The summed E-state index contributed by atoms with van der Waals surface area (Å²) in [4.78, 5) is 41.7. The monoisotopic (exact) mass is 498 g/mol. The second kappa shape index (κ2) is 10.4. The summed E-state index contributed by atoms with van der Waals surface area (Å²) in [6.45, 7) is 3.58. The molecule has 8 heteroatoms. The second-order valence-electron chi connectivity index (χ2n) is 9.40. The molecule has 1 N–H and O–H groups in total. The molecule has 1 aliphatic rings. The molecule has 0 aliphatic carbocycles.